The number of nitrogens with zero attached hydrogens (tertiary/aromatic N) is 1. The molecule has 21 heavy (non-hydrogen) atoms. The summed E-state index contributed by atoms with van der Waals surface area (Å²) in [6.07, 6.45) is 2.01. The summed E-state index contributed by atoms with van der Waals surface area (Å²) in [5.74, 6) is -0.517. The second kappa shape index (κ2) is 6.53. The number of para-hydroxylation sites is 2. The Bertz CT molecular complexity index is 720. The van der Waals surface area contributed by atoms with Crippen LogP contribution in [0.25, 0.3) is 0 Å². The van der Waals surface area contributed by atoms with Crippen molar-refractivity contribution in [3.63, 3.8) is 0 Å². The summed E-state index contributed by atoms with van der Waals surface area (Å²) in [4.78, 5) is 3.57. The molecule has 1 heterocycles. The topological polar surface area (TPSA) is 68.3 Å². The minimum Gasteiger partial charge on any atom is -0.491 e. The molecule has 5 nitrogen and oxygen atoms in total. The standard InChI is InChI=1S/C14H15FN2O3S/c1-2-10-20-13-8-4-3-7-12(13)17-21(18,19)14-11(15)6-5-9-16-14/h3-9,17H,2,10H2,1H3. The molecule has 0 aliphatic rings. The average Bonchev–Trinajstić information content (AvgIpc) is 2.46. The van der Waals surface area contributed by atoms with E-state index in [1.165, 1.54) is 12.3 Å². The number of benzene rings is 1. The largest absolute Gasteiger partial charge is 0.491 e. The molecule has 0 spiro atoms. The number of anilines is 1. The van der Waals surface area contributed by atoms with Crippen LogP contribution in [0.2, 0.25) is 0 Å². The number of sulfonamides is 1. The van der Waals surface area contributed by atoms with Crippen molar-refractivity contribution in [3.8, 4) is 5.75 Å². The van der Waals surface area contributed by atoms with Gasteiger partial charge in [0.05, 0.1) is 12.3 Å². The molecule has 1 N–H and O–H groups in total. The van der Waals surface area contributed by atoms with Gasteiger partial charge in [-0.05, 0) is 30.7 Å². The van der Waals surface area contributed by atoms with E-state index in [2.05, 4.69) is 9.71 Å². The molecule has 0 unspecified atom stereocenters. The minimum absolute atomic E-state index is 0.246. The minimum atomic E-state index is -4.11. The summed E-state index contributed by atoms with van der Waals surface area (Å²) in [5, 5.41) is -0.643. The van der Waals surface area contributed by atoms with Gasteiger partial charge in [0.15, 0.2) is 5.82 Å². The number of nitrogens with one attached hydrogen (secondary N) is 1. The van der Waals surface area contributed by atoms with Gasteiger partial charge in [-0.3, -0.25) is 4.72 Å². The lowest BCUT2D eigenvalue weighted by atomic mass is 10.3. The molecule has 0 fully saturated rings. The monoisotopic (exact) mass is 310 g/mol. The zero-order valence-electron chi connectivity index (χ0n) is 11.4. The first kappa shape index (κ1) is 15.2. The molecule has 0 amide bonds. The van der Waals surface area contributed by atoms with Crippen molar-refractivity contribution < 1.29 is 17.5 Å². The lowest BCUT2D eigenvalue weighted by molar-refractivity contribution is 0.319. The Morgan fingerprint density at radius 1 is 1.24 bits per heavy atom. The van der Waals surface area contributed by atoms with E-state index >= 15 is 0 Å². The normalized spacial score (nSPS) is 11.1. The predicted molar refractivity (Wildman–Crippen MR) is 77.2 cm³/mol. The van der Waals surface area contributed by atoms with Gasteiger partial charge in [0, 0.05) is 6.20 Å². The van der Waals surface area contributed by atoms with Crippen LogP contribution in [0.1, 0.15) is 13.3 Å². The third kappa shape index (κ3) is 3.69. The van der Waals surface area contributed by atoms with Crippen LogP contribution in [0.5, 0.6) is 5.75 Å². The van der Waals surface area contributed by atoms with E-state index in [1.54, 1.807) is 24.3 Å². The Labute approximate surface area is 122 Å². The predicted octanol–water partition coefficient (Wildman–Crippen LogP) is 2.81. The molecule has 1 aromatic carbocycles. The maximum Gasteiger partial charge on any atom is 0.282 e. The highest BCUT2D eigenvalue weighted by Gasteiger charge is 2.21. The third-order valence-corrected chi connectivity index (χ3v) is 3.87. The number of pyridine rings is 1. The number of aromatic nitrogens is 1. The quantitative estimate of drug-likeness (QED) is 0.891. The van der Waals surface area contributed by atoms with E-state index in [0.717, 1.165) is 12.5 Å². The number of rotatable bonds is 6. The Hall–Kier alpha value is -2.15. The molecular weight excluding hydrogens is 295 g/mol. The molecule has 112 valence electrons. The lowest BCUT2D eigenvalue weighted by Gasteiger charge is -2.13. The van der Waals surface area contributed by atoms with E-state index in [-0.39, 0.29) is 5.69 Å². The highest BCUT2D eigenvalue weighted by atomic mass is 32.2. The van der Waals surface area contributed by atoms with Gasteiger partial charge < -0.3 is 4.74 Å². The van der Waals surface area contributed by atoms with Crippen LogP contribution >= 0.6 is 0 Å². The molecule has 0 atom stereocenters. The molecule has 0 radical (unpaired) electrons. The van der Waals surface area contributed by atoms with Gasteiger partial charge in [-0.15, -0.1) is 0 Å². The molecule has 2 aromatic rings. The highest BCUT2D eigenvalue weighted by molar-refractivity contribution is 7.92. The van der Waals surface area contributed by atoms with Gasteiger partial charge >= 0.3 is 0 Å². The fraction of sp³-hybridized carbons (Fsp3) is 0.214. The number of hydrogen-bond acceptors (Lipinski definition) is 4. The zero-order chi connectivity index (χ0) is 15.3. The summed E-state index contributed by atoms with van der Waals surface area (Å²) < 4.78 is 45.7. The SMILES string of the molecule is CCCOc1ccccc1NS(=O)(=O)c1ncccc1F. The summed E-state index contributed by atoms with van der Waals surface area (Å²) >= 11 is 0. The third-order valence-electron chi connectivity index (χ3n) is 2.57. The van der Waals surface area contributed by atoms with Crippen molar-refractivity contribution in [1.29, 1.82) is 0 Å². The average molecular weight is 310 g/mol. The number of ether oxygens (including phenoxy) is 1. The highest BCUT2D eigenvalue weighted by Crippen LogP contribution is 2.26. The first-order valence-electron chi connectivity index (χ1n) is 6.39. The van der Waals surface area contributed by atoms with Crippen molar-refractivity contribution in [2.45, 2.75) is 18.4 Å². The van der Waals surface area contributed by atoms with Gasteiger partial charge in [0.25, 0.3) is 10.0 Å². The molecule has 0 aliphatic carbocycles. The van der Waals surface area contributed by atoms with Crippen molar-refractivity contribution in [2.24, 2.45) is 0 Å². The molecule has 0 bridgehead atoms. The molecule has 1 aromatic heterocycles. The summed E-state index contributed by atoms with van der Waals surface area (Å²) in [5.41, 5.74) is 0.246. The fourth-order valence-electron chi connectivity index (χ4n) is 1.65. The van der Waals surface area contributed by atoms with Crippen LogP contribution in [0.3, 0.4) is 0 Å². The first-order chi connectivity index (χ1) is 10.0. The van der Waals surface area contributed by atoms with E-state index < -0.39 is 20.9 Å². The molecule has 0 aliphatic heterocycles. The second-order valence-corrected chi connectivity index (χ2v) is 5.84. The van der Waals surface area contributed by atoms with E-state index in [9.17, 15) is 12.8 Å². The first-order valence-corrected chi connectivity index (χ1v) is 7.88. The summed E-state index contributed by atoms with van der Waals surface area (Å²) in [7, 11) is -4.11. The van der Waals surface area contributed by atoms with Crippen LogP contribution < -0.4 is 9.46 Å². The fourth-order valence-corrected chi connectivity index (χ4v) is 2.73. The van der Waals surface area contributed by atoms with Crippen LogP contribution in [0, 0.1) is 5.82 Å². The Morgan fingerprint density at radius 3 is 2.71 bits per heavy atom. The Morgan fingerprint density at radius 2 is 2.00 bits per heavy atom. The van der Waals surface area contributed by atoms with Crippen molar-refractivity contribution >= 4 is 15.7 Å². The maximum atomic E-state index is 13.6. The van der Waals surface area contributed by atoms with Gasteiger partial charge in [-0.2, -0.15) is 8.42 Å². The van der Waals surface area contributed by atoms with Gasteiger partial charge in [-0.25, -0.2) is 9.37 Å². The Balaban J connectivity index is 2.31. The van der Waals surface area contributed by atoms with Gasteiger partial charge in [0.1, 0.15) is 5.75 Å². The van der Waals surface area contributed by atoms with E-state index in [0.29, 0.717) is 12.4 Å². The Kier molecular flexibility index (Phi) is 4.74. The van der Waals surface area contributed by atoms with Crippen molar-refractivity contribution in [1.82, 2.24) is 4.98 Å². The van der Waals surface area contributed by atoms with Crippen LogP contribution in [0.4, 0.5) is 10.1 Å². The zero-order valence-corrected chi connectivity index (χ0v) is 12.2. The van der Waals surface area contributed by atoms with Crippen LogP contribution in [-0.2, 0) is 10.0 Å². The summed E-state index contributed by atoms with van der Waals surface area (Å²) in [6.45, 7) is 2.40. The van der Waals surface area contributed by atoms with Crippen molar-refractivity contribution in [2.75, 3.05) is 11.3 Å². The van der Waals surface area contributed by atoms with Gasteiger partial charge in [0.2, 0.25) is 5.03 Å². The molecular formula is C14H15FN2O3S. The maximum absolute atomic E-state index is 13.6. The van der Waals surface area contributed by atoms with Gasteiger partial charge in [-0.1, -0.05) is 19.1 Å². The van der Waals surface area contributed by atoms with Crippen LogP contribution in [0.15, 0.2) is 47.6 Å². The molecule has 7 heteroatoms. The molecule has 0 saturated carbocycles. The molecule has 0 saturated heterocycles. The number of halogens is 1. The lowest BCUT2D eigenvalue weighted by Crippen LogP contribution is -2.16. The van der Waals surface area contributed by atoms with E-state index in [1.807, 2.05) is 6.92 Å². The molecule has 2 rings (SSSR count). The van der Waals surface area contributed by atoms with Crippen LogP contribution in [-0.4, -0.2) is 20.0 Å². The van der Waals surface area contributed by atoms with E-state index in [4.69, 9.17) is 4.74 Å². The van der Waals surface area contributed by atoms with Crippen molar-refractivity contribution in [3.05, 3.63) is 48.4 Å². The smallest absolute Gasteiger partial charge is 0.282 e. The number of hydrogen-bond donors (Lipinski definition) is 1. The summed E-state index contributed by atoms with van der Waals surface area (Å²) in [6, 6.07) is 8.94. The second-order valence-electron chi connectivity index (χ2n) is 4.24.